The van der Waals surface area contributed by atoms with E-state index in [0.717, 1.165) is 62.5 Å². The molecule has 2 aromatic carbocycles. The van der Waals surface area contributed by atoms with E-state index in [-0.39, 0.29) is 16.9 Å². The molecule has 0 bridgehead atoms. The van der Waals surface area contributed by atoms with E-state index in [4.69, 9.17) is 0 Å². The van der Waals surface area contributed by atoms with Crippen molar-refractivity contribution in [2.75, 3.05) is 20.1 Å². The Bertz CT molecular complexity index is 1390. The zero-order valence-electron chi connectivity index (χ0n) is 26.8. The molecular weight excluding hydrogens is 565 g/mol. The van der Waals surface area contributed by atoms with E-state index in [2.05, 4.69) is 41.5 Å². The summed E-state index contributed by atoms with van der Waals surface area (Å²) < 4.78 is 57.2. The summed E-state index contributed by atoms with van der Waals surface area (Å²) in [4.78, 5) is 0.735. The Morgan fingerprint density at radius 1 is 0.643 bits per heavy atom. The molecule has 0 aromatic heterocycles. The molecule has 0 radical (unpaired) electrons. The second kappa shape index (κ2) is 12.7. The van der Waals surface area contributed by atoms with Gasteiger partial charge in [-0.3, -0.25) is 0 Å². The van der Waals surface area contributed by atoms with Gasteiger partial charge in [0.25, 0.3) is 0 Å². The summed E-state index contributed by atoms with van der Waals surface area (Å²) in [5.41, 5.74) is 2.20. The SMILES string of the molecule is CN(C1CCC(CCCN(CC2CC2)S(=O)(=O)c2ccc(C(C)(C)C)cc2)CC1)S(=O)(=O)c1ccc(C(C)(C)C)cc1. The summed E-state index contributed by atoms with van der Waals surface area (Å²) in [7, 11) is -5.37. The van der Waals surface area contributed by atoms with Crippen molar-refractivity contribution in [3.05, 3.63) is 59.7 Å². The topological polar surface area (TPSA) is 74.8 Å². The summed E-state index contributed by atoms with van der Waals surface area (Å²) in [5, 5.41) is 0. The second-order valence-electron chi connectivity index (χ2n) is 14.7. The molecule has 8 heteroatoms. The molecule has 4 rings (SSSR count). The van der Waals surface area contributed by atoms with Gasteiger partial charge in [-0.25, -0.2) is 16.8 Å². The molecule has 0 saturated heterocycles. The first-order valence-electron chi connectivity index (χ1n) is 15.7. The number of benzene rings is 2. The molecule has 0 heterocycles. The predicted molar refractivity (Wildman–Crippen MR) is 172 cm³/mol. The van der Waals surface area contributed by atoms with Crippen molar-refractivity contribution >= 4 is 20.0 Å². The number of hydrogen-bond donors (Lipinski definition) is 0. The smallest absolute Gasteiger partial charge is 0.207 e. The number of nitrogens with zero attached hydrogens (tertiary/aromatic N) is 2. The van der Waals surface area contributed by atoms with Crippen LogP contribution in [0.15, 0.2) is 58.3 Å². The van der Waals surface area contributed by atoms with E-state index in [1.807, 2.05) is 24.3 Å². The number of hydrogen-bond acceptors (Lipinski definition) is 4. The van der Waals surface area contributed by atoms with E-state index in [1.54, 1.807) is 39.9 Å². The molecule has 0 amide bonds. The van der Waals surface area contributed by atoms with E-state index in [0.29, 0.717) is 34.7 Å². The van der Waals surface area contributed by atoms with Gasteiger partial charge < -0.3 is 0 Å². The highest BCUT2D eigenvalue weighted by atomic mass is 32.2. The Morgan fingerprint density at radius 2 is 1.07 bits per heavy atom. The molecule has 2 aliphatic carbocycles. The Hall–Kier alpha value is -1.74. The summed E-state index contributed by atoms with van der Waals surface area (Å²) in [6.07, 6.45) is 7.63. The first-order valence-corrected chi connectivity index (χ1v) is 18.6. The van der Waals surface area contributed by atoms with Gasteiger partial charge in [-0.1, -0.05) is 65.8 Å². The molecule has 0 atom stereocenters. The average Bonchev–Trinajstić information content (AvgIpc) is 3.76. The third-order valence-corrected chi connectivity index (χ3v) is 13.1. The van der Waals surface area contributed by atoms with Crippen LogP contribution in [0.2, 0.25) is 0 Å². The van der Waals surface area contributed by atoms with Gasteiger partial charge in [0, 0.05) is 26.2 Å². The van der Waals surface area contributed by atoms with E-state index in [9.17, 15) is 16.8 Å². The Labute approximate surface area is 256 Å². The quantitative estimate of drug-likeness (QED) is 0.265. The van der Waals surface area contributed by atoms with Crippen molar-refractivity contribution < 1.29 is 16.8 Å². The molecule has 6 nitrogen and oxygen atoms in total. The number of rotatable bonds is 11. The lowest BCUT2D eigenvalue weighted by molar-refractivity contribution is 0.223. The van der Waals surface area contributed by atoms with Crippen LogP contribution in [0, 0.1) is 11.8 Å². The highest BCUT2D eigenvalue weighted by molar-refractivity contribution is 7.89. The minimum Gasteiger partial charge on any atom is -0.207 e. The second-order valence-corrected chi connectivity index (χ2v) is 18.6. The van der Waals surface area contributed by atoms with Crippen LogP contribution in [0.4, 0.5) is 0 Å². The molecule has 234 valence electrons. The summed E-state index contributed by atoms with van der Waals surface area (Å²) in [6, 6.07) is 14.7. The monoisotopic (exact) mass is 616 g/mol. The molecule has 42 heavy (non-hydrogen) atoms. The lowest BCUT2D eigenvalue weighted by Crippen LogP contribution is -2.39. The third-order valence-electron chi connectivity index (χ3n) is 9.26. The zero-order valence-corrected chi connectivity index (χ0v) is 28.4. The molecule has 0 spiro atoms. The van der Waals surface area contributed by atoms with Crippen LogP contribution in [0.5, 0.6) is 0 Å². The highest BCUT2D eigenvalue weighted by Gasteiger charge is 2.34. The van der Waals surface area contributed by atoms with Crippen molar-refractivity contribution in [2.24, 2.45) is 11.8 Å². The maximum atomic E-state index is 13.6. The van der Waals surface area contributed by atoms with Gasteiger partial charge in [0.15, 0.2) is 0 Å². The van der Waals surface area contributed by atoms with E-state index in [1.165, 1.54) is 0 Å². The number of sulfonamides is 2. The largest absolute Gasteiger partial charge is 0.243 e. The fourth-order valence-electron chi connectivity index (χ4n) is 6.02. The van der Waals surface area contributed by atoms with Gasteiger partial charge in [0.1, 0.15) is 0 Å². The lowest BCUT2D eigenvalue weighted by atomic mass is 9.83. The first kappa shape index (κ1) is 33.2. The Morgan fingerprint density at radius 3 is 1.50 bits per heavy atom. The van der Waals surface area contributed by atoms with Crippen LogP contribution < -0.4 is 0 Å². The third kappa shape index (κ3) is 8.04. The maximum absolute atomic E-state index is 13.6. The molecule has 2 saturated carbocycles. The Balaban J connectivity index is 1.31. The van der Waals surface area contributed by atoms with Crippen LogP contribution in [-0.2, 0) is 30.9 Å². The van der Waals surface area contributed by atoms with Crippen LogP contribution in [0.1, 0.15) is 104 Å². The van der Waals surface area contributed by atoms with Crippen LogP contribution in [-0.4, -0.2) is 51.6 Å². The predicted octanol–water partition coefficient (Wildman–Crippen LogP) is 7.34. The van der Waals surface area contributed by atoms with Crippen molar-refractivity contribution in [1.82, 2.24) is 8.61 Å². The molecule has 2 fully saturated rings. The molecule has 2 aromatic rings. The minimum atomic E-state index is -3.55. The standard InChI is InChI=1S/C34H52N2O4S2/c1-33(2,3)28-14-20-31(21-15-28)41(37,38)35(7)30-18-12-26(13-19-30)9-8-24-36(25-27-10-11-27)42(39,40)32-22-16-29(17-23-32)34(4,5)6/h14-17,20-23,26-27,30H,8-13,18-19,24-25H2,1-7H3. The van der Waals surface area contributed by atoms with Gasteiger partial charge in [-0.2, -0.15) is 8.61 Å². The van der Waals surface area contributed by atoms with E-state index < -0.39 is 20.0 Å². The van der Waals surface area contributed by atoms with Crippen molar-refractivity contribution in [2.45, 2.75) is 120 Å². The lowest BCUT2D eigenvalue weighted by Gasteiger charge is -2.34. The molecule has 0 unspecified atom stereocenters. The van der Waals surface area contributed by atoms with Gasteiger partial charge in [-0.15, -0.1) is 0 Å². The van der Waals surface area contributed by atoms with Crippen LogP contribution in [0.25, 0.3) is 0 Å². The van der Waals surface area contributed by atoms with Crippen LogP contribution in [0.3, 0.4) is 0 Å². The summed E-state index contributed by atoms with van der Waals surface area (Å²) >= 11 is 0. The highest BCUT2D eigenvalue weighted by Crippen LogP contribution is 2.35. The van der Waals surface area contributed by atoms with Gasteiger partial charge in [-0.05, 0) is 109 Å². The average molecular weight is 617 g/mol. The molecule has 0 N–H and O–H groups in total. The fraction of sp³-hybridized carbons (Fsp3) is 0.647. The zero-order chi connectivity index (χ0) is 30.9. The van der Waals surface area contributed by atoms with Crippen molar-refractivity contribution in [1.29, 1.82) is 0 Å². The van der Waals surface area contributed by atoms with Crippen molar-refractivity contribution in [3.63, 3.8) is 0 Å². The summed E-state index contributed by atoms with van der Waals surface area (Å²) in [6.45, 7) is 13.9. The molecule has 0 aliphatic heterocycles. The van der Waals surface area contributed by atoms with Crippen molar-refractivity contribution in [3.8, 4) is 0 Å². The molecular formula is C34H52N2O4S2. The van der Waals surface area contributed by atoms with Gasteiger partial charge in [0.2, 0.25) is 20.0 Å². The normalized spacial score (nSPS) is 20.8. The first-order chi connectivity index (χ1) is 19.5. The maximum Gasteiger partial charge on any atom is 0.243 e. The van der Waals surface area contributed by atoms with Gasteiger partial charge in [0.05, 0.1) is 9.79 Å². The van der Waals surface area contributed by atoms with Crippen LogP contribution >= 0.6 is 0 Å². The van der Waals surface area contributed by atoms with E-state index >= 15 is 0 Å². The molecule has 2 aliphatic rings. The fourth-order valence-corrected chi connectivity index (χ4v) is 8.99. The Kier molecular flexibility index (Phi) is 10.0. The van der Waals surface area contributed by atoms with Gasteiger partial charge >= 0.3 is 0 Å². The summed E-state index contributed by atoms with van der Waals surface area (Å²) in [5.74, 6) is 0.978. The minimum absolute atomic E-state index is 0.00337.